The molecule has 0 aliphatic heterocycles. The minimum absolute atomic E-state index is 0.0300. The third-order valence-electron chi connectivity index (χ3n) is 6.62. The van der Waals surface area contributed by atoms with Crippen molar-refractivity contribution >= 4 is 44.8 Å². The predicted octanol–water partition coefficient (Wildman–Crippen LogP) is 2.62. The number of ketones is 1. The van der Waals surface area contributed by atoms with E-state index in [4.69, 9.17) is 0 Å². The third-order valence-corrected chi connectivity index (χ3v) is 7.51. The van der Waals surface area contributed by atoms with Gasteiger partial charge in [-0.1, -0.05) is 0 Å². The second-order valence-electron chi connectivity index (χ2n) is 8.93. The van der Waals surface area contributed by atoms with Crippen LogP contribution in [0.4, 0.5) is 5.69 Å². The number of benzene rings is 1. The molecule has 0 radical (unpaired) electrons. The van der Waals surface area contributed by atoms with E-state index in [0.717, 1.165) is 25.7 Å². The summed E-state index contributed by atoms with van der Waals surface area (Å²) in [5.74, 6) is -0.367. The average molecular weight is 497 g/mol. The van der Waals surface area contributed by atoms with Gasteiger partial charge in [-0.15, -0.1) is 11.3 Å². The van der Waals surface area contributed by atoms with Crippen LogP contribution in [0.25, 0.3) is 10.2 Å². The van der Waals surface area contributed by atoms with E-state index in [2.05, 4.69) is 10.6 Å². The van der Waals surface area contributed by atoms with Crippen LogP contribution in [0.1, 0.15) is 43.0 Å². The Labute approximate surface area is 205 Å². The lowest BCUT2D eigenvalue weighted by Crippen LogP contribution is -2.43. The smallest absolute Gasteiger partial charge is 0.332 e. The van der Waals surface area contributed by atoms with Gasteiger partial charge >= 0.3 is 5.69 Å². The van der Waals surface area contributed by atoms with Gasteiger partial charge in [0, 0.05) is 30.8 Å². The Morgan fingerprint density at radius 1 is 1.00 bits per heavy atom. The summed E-state index contributed by atoms with van der Waals surface area (Å²) >= 11 is 1.25. The Morgan fingerprint density at radius 2 is 1.69 bits per heavy atom. The molecule has 184 valence electrons. The highest BCUT2D eigenvalue weighted by Crippen LogP contribution is 2.29. The van der Waals surface area contributed by atoms with E-state index >= 15 is 0 Å². The molecule has 10 heteroatoms. The molecule has 35 heavy (non-hydrogen) atoms. The van der Waals surface area contributed by atoms with Crippen molar-refractivity contribution in [1.29, 1.82) is 0 Å². The van der Waals surface area contributed by atoms with Gasteiger partial charge in [-0.3, -0.25) is 28.3 Å². The topological polar surface area (TPSA) is 119 Å². The first-order valence-electron chi connectivity index (χ1n) is 11.6. The second-order valence-corrected chi connectivity index (χ2v) is 9.85. The van der Waals surface area contributed by atoms with Crippen molar-refractivity contribution in [3.63, 3.8) is 0 Å². The molecule has 9 nitrogen and oxygen atoms in total. The Hall–Kier alpha value is -3.53. The summed E-state index contributed by atoms with van der Waals surface area (Å²) < 4.78 is 3.00. The number of nitrogens with one attached hydrogen (secondary N) is 2. The summed E-state index contributed by atoms with van der Waals surface area (Å²) in [6, 6.07) is 8.19. The standard InChI is InChI=1S/C25H28N4O5S/c1-15(30)17-7-9-19(10-8-17)27-21(31)14-28-20-11-12-35-22(20)24(33)29(25(28)34)13-16-3-5-18(6-4-16)23(32)26-2/h7-12,16,18H,3-6,13-14H2,1-2H3,(H,26,32)(H,27,31). The summed E-state index contributed by atoms with van der Waals surface area (Å²) in [7, 11) is 1.63. The van der Waals surface area contributed by atoms with E-state index in [0.29, 0.717) is 21.5 Å². The number of aromatic nitrogens is 2. The van der Waals surface area contributed by atoms with Crippen molar-refractivity contribution in [2.45, 2.75) is 45.7 Å². The first-order chi connectivity index (χ1) is 16.8. The summed E-state index contributed by atoms with van der Waals surface area (Å²) in [6.45, 7) is 1.49. The van der Waals surface area contributed by atoms with Crippen LogP contribution in [-0.2, 0) is 22.7 Å². The monoisotopic (exact) mass is 496 g/mol. The Kier molecular flexibility index (Phi) is 7.30. The maximum absolute atomic E-state index is 13.4. The molecule has 2 heterocycles. The van der Waals surface area contributed by atoms with Crippen molar-refractivity contribution in [1.82, 2.24) is 14.5 Å². The molecule has 2 amide bonds. The molecular weight excluding hydrogens is 468 g/mol. The summed E-state index contributed by atoms with van der Waals surface area (Å²) in [6.07, 6.45) is 2.95. The molecule has 0 saturated heterocycles. The SMILES string of the molecule is CNC(=O)C1CCC(Cn2c(=O)c3sccc3n(CC(=O)Nc3ccc(C(C)=O)cc3)c2=O)CC1. The molecule has 3 aromatic rings. The van der Waals surface area contributed by atoms with Crippen molar-refractivity contribution in [3.8, 4) is 0 Å². The van der Waals surface area contributed by atoms with Crippen LogP contribution in [-0.4, -0.2) is 33.8 Å². The molecule has 1 saturated carbocycles. The lowest BCUT2D eigenvalue weighted by molar-refractivity contribution is -0.125. The quantitative estimate of drug-likeness (QED) is 0.488. The molecule has 0 bridgehead atoms. The van der Waals surface area contributed by atoms with Crippen LogP contribution in [0.3, 0.4) is 0 Å². The van der Waals surface area contributed by atoms with E-state index in [1.54, 1.807) is 42.8 Å². The third kappa shape index (κ3) is 5.27. The zero-order chi connectivity index (χ0) is 25.1. The fraction of sp³-hybridized carbons (Fsp3) is 0.400. The zero-order valence-corrected chi connectivity index (χ0v) is 20.5. The molecule has 1 fully saturated rings. The number of hydrogen-bond acceptors (Lipinski definition) is 6. The van der Waals surface area contributed by atoms with Gasteiger partial charge in [0.2, 0.25) is 11.8 Å². The molecular formula is C25H28N4O5S. The molecule has 1 aromatic carbocycles. The number of nitrogens with zero attached hydrogens (tertiary/aromatic N) is 2. The maximum Gasteiger partial charge on any atom is 0.332 e. The fourth-order valence-electron chi connectivity index (χ4n) is 4.65. The van der Waals surface area contributed by atoms with E-state index in [1.165, 1.54) is 27.4 Å². The van der Waals surface area contributed by atoms with Gasteiger partial charge in [-0.2, -0.15) is 0 Å². The first-order valence-corrected chi connectivity index (χ1v) is 12.5. The lowest BCUT2D eigenvalue weighted by Gasteiger charge is -2.27. The van der Waals surface area contributed by atoms with Gasteiger partial charge in [0.15, 0.2) is 5.78 Å². The molecule has 4 rings (SSSR count). The number of thiophene rings is 1. The predicted molar refractivity (Wildman–Crippen MR) is 135 cm³/mol. The van der Waals surface area contributed by atoms with Crippen molar-refractivity contribution in [2.75, 3.05) is 12.4 Å². The van der Waals surface area contributed by atoms with E-state index in [-0.39, 0.29) is 42.2 Å². The number of amides is 2. The lowest BCUT2D eigenvalue weighted by atomic mass is 9.81. The number of Topliss-reactive ketones (excluding diaryl/α,β-unsaturated/α-hetero) is 1. The van der Waals surface area contributed by atoms with Crippen LogP contribution >= 0.6 is 11.3 Å². The minimum atomic E-state index is -0.517. The van der Waals surface area contributed by atoms with Crippen LogP contribution in [0, 0.1) is 11.8 Å². The molecule has 2 N–H and O–H groups in total. The van der Waals surface area contributed by atoms with Gasteiger partial charge in [0.1, 0.15) is 11.2 Å². The summed E-state index contributed by atoms with van der Waals surface area (Å²) in [5.41, 5.74) is 0.624. The number of carbonyl (C=O) groups excluding carboxylic acids is 3. The Bertz CT molecular complexity index is 1380. The normalized spacial score (nSPS) is 17.8. The van der Waals surface area contributed by atoms with Crippen LogP contribution in [0.2, 0.25) is 0 Å². The fourth-order valence-corrected chi connectivity index (χ4v) is 5.49. The van der Waals surface area contributed by atoms with Crippen molar-refractivity contribution in [3.05, 3.63) is 62.1 Å². The van der Waals surface area contributed by atoms with Crippen LogP contribution in [0.5, 0.6) is 0 Å². The number of anilines is 1. The zero-order valence-electron chi connectivity index (χ0n) is 19.7. The highest BCUT2D eigenvalue weighted by atomic mass is 32.1. The van der Waals surface area contributed by atoms with E-state index in [9.17, 15) is 24.0 Å². The molecule has 0 atom stereocenters. The number of rotatable bonds is 7. The molecule has 2 aromatic heterocycles. The van der Waals surface area contributed by atoms with Crippen LogP contribution in [0.15, 0.2) is 45.3 Å². The number of carbonyl (C=O) groups is 3. The summed E-state index contributed by atoms with van der Waals surface area (Å²) in [5, 5.41) is 7.17. The molecule has 1 aliphatic rings. The number of hydrogen-bond donors (Lipinski definition) is 2. The highest BCUT2D eigenvalue weighted by Gasteiger charge is 2.27. The molecule has 1 aliphatic carbocycles. The van der Waals surface area contributed by atoms with E-state index < -0.39 is 11.6 Å². The Morgan fingerprint density at radius 3 is 2.31 bits per heavy atom. The van der Waals surface area contributed by atoms with Crippen molar-refractivity contribution < 1.29 is 14.4 Å². The molecule has 0 unspecified atom stereocenters. The minimum Gasteiger partial charge on any atom is -0.359 e. The van der Waals surface area contributed by atoms with Gasteiger partial charge in [-0.05, 0) is 74.2 Å². The molecule has 0 spiro atoms. The Balaban J connectivity index is 1.55. The average Bonchev–Trinajstić information content (AvgIpc) is 3.35. The maximum atomic E-state index is 13.4. The largest absolute Gasteiger partial charge is 0.359 e. The van der Waals surface area contributed by atoms with E-state index in [1.807, 2.05) is 0 Å². The van der Waals surface area contributed by atoms with Gasteiger partial charge in [0.05, 0.1) is 5.52 Å². The van der Waals surface area contributed by atoms with Gasteiger partial charge < -0.3 is 10.6 Å². The number of fused-ring (bicyclic) bond motifs is 1. The van der Waals surface area contributed by atoms with Crippen LogP contribution < -0.4 is 21.9 Å². The second kappa shape index (κ2) is 10.4. The highest BCUT2D eigenvalue weighted by molar-refractivity contribution is 7.17. The first kappa shape index (κ1) is 24.6. The summed E-state index contributed by atoms with van der Waals surface area (Å²) in [4.78, 5) is 62.6. The van der Waals surface area contributed by atoms with Gasteiger partial charge in [-0.25, -0.2) is 4.79 Å². The van der Waals surface area contributed by atoms with Gasteiger partial charge in [0.25, 0.3) is 5.56 Å². The van der Waals surface area contributed by atoms with Crippen molar-refractivity contribution in [2.24, 2.45) is 11.8 Å².